The summed E-state index contributed by atoms with van der Waals surface area (Å²) >= 11 is 0. The summed E-state index contributed by atoms with van der Waals surface area (Å²) in [6.45, 7) is 2.14. The molecular weight excluding hydrogens is 420 g/mol. The molecule has 1 aliphatic rings. The highest BCUT2D eigenvalue weighted by molar-refractivity contribution is 5.93. The van der Waals surface area contributed by atoms with E-state index in [1.807, 2.05) is 37.3 Å². The van der Waals surface area contributed by atoms with Crippen molar-refractivity contribution >= 4 is 22.9 Å². The van der Waals surface area contributed by atoms with Crippen LogP contribution < -0.4 is 32.8 Å². The van der Waals surface area contributed by atoms with Crippen molar-refractivity contribution in [1.82, 2.24) is 0 Å². The fourth-order valence-electron chi connectivity index (χ4n) is 2.86. The van der Waals surface area contributed by atoms with Gasteiger partial charge in [-0.1, -0.05) is 6.07 Å². The third-order valence-corrected chi connectivity index (χ3v) is 4.07. The monoisotopic (exact) mass is 436 g/mol. The number of hydrogen-bond donors (Lipinski definition) is 1. The molecule has 0 aliphatic carbocycles. The van der Waals surface area contributed by atoms with Crippen molar-refractivity contribution in [3.8, 4) is 23.0 Å². The molecule has 9 nitrogen and oxygen atoms in total. The molecule has 3 aromatic rings. The number of aromatic hydroxyl groups is 1. The molecule has 0 atom stereocenters. The smallest absolute Gasteiger partial charge is 0.360 e. The molecule has 0 bridgehead atoms. The van der Waals surface area contributed by atoms with Crippen LogP contribution >= 0.6 is 0 Å². The molecule has 10 heteroatoms. The van der Waals surface area contributed by atoms with Gasteiger partial charge in [-0.05, 0) is 29.8 Å². The predicted molar refractivity (Wildman–Crippen MR) is 95.1 cm³/mol. The Labute approximate surface area is 173 Å². The van der Waals surface area contributed by atoms with E-state index in [2.05, 4.69) is 0 Å². The predicted octanol–water partition coefficient (Wildman–Crippen LogP) is -0.120. The van der Waals surface area contributed by atoms with E-state index < -0.39 is 10.2 Å². The zero-order chi connectivity index (χ0) is 21.9. The zero-order valence-corrected chi connectivity index (χ0v) is 16.7. The lowest BCUT2D eigenvalue weighted by molar-refractivity contribution is -2.00. The summed E-state index contributed by atoms with van der Waals surface area (Å²) in [4.78, 5) is 0. The first kappa shape index (κ1) is 21.6. The maximum atomic E-state index is 9.69. The van der Waals surface area contributed by atoms with Gasteiger partial charge in [0.15, 0.2) is 23.0 Å². The van der Waals surface area contributed by atoms with E-state index in [1.165, 1.54) is 7.11 Å². The summed E-state index contributed by atoms with van der Waals surface area (Å²) in [5.74, 6) is 3.52. The van der Waals surface area contributed by atoms with Gasteiger partial charge >= 0.3 is 11.5 Å². The molecule has 0 saturated carbocycles. The Bertz CT molecular complexity index is 1080. The van der Waals surface area contributed by atoms with E-state index in [0.29, 0.717) is 11.5 Å². The van der Waals surface area contributed by atoms with Crippen LogP contribution in [0.2, 0.25) is 0 Å². The molecule has 2 aromatic carbocycles. The molecular formula is C20H17ClO9. The average Bonchev–Trinajstić information content (AvgIpc) is 3.11. The topological polar surface area (TPSA) is 151 Å². The highest BCUT2D eigenvalue weighted by Gasteiger charge is 2.20. The Morgan fingerprint density at radius 2 is 1.70 bits per heavy atom. The number of fused-ring (bicyclic) bond motifs is 2. The minimum Gasteiger partial charge on any atom is -0.504 e. The van der Waals surface area contributed by atoms with Gasteiger partial charge in [0.25, 0.3) is 0 Å². The highest BCUT2D eigenvalue weighted by atomic mass is 35.7. The van der Waals surface area contributed by atoms with Gasteiger partial charge in [-0.3, -0.25) is 0 Å². The van der Waals surface area contributed by atoms with Crippen LogP contribution in [-0.4, -0.2) is 19.0 Å². The number of benzene rings is 2. The summed E-state index contributed by atoms with van der Waals surface area (Å²) in [6.07, 6.45) is 3.80. The Balaban J connectivity index is 0.000000461. The first-order valence-corrected chi connectivity index (χ1v) is 9.71. The molecule has 2 heterocycles. The number of rotatable bonds is 3. The first-order chi connectivity index (χ1) is 14.1. The van der Waals surface area contributed by atoms with Crippen molar-refractivity contribution in [2.75, 3.05) is 13.9 Å². The SMILES string of the molecule is COc1cc(/C=C/c2[o+]c(C)cc3cc4c(cc23)OCO4)ccc1O.[O-][Cl+3]([O-])([O-])[O-]. The maximum absolute atomic E-state index is 9.69. The second kappa shape index (κ2) is 8.74. The number of phenolic OH excluding ortho intramolecular Hbond substituents is 1. The van der Waals surface area contributed by atoms with Gasteiger partial charge in [0.1, 0.15) is 0 Å². The molecule has 30 heavy (non-hydrogen) atoms. The van der Waals surface area contributed by atoms with Crippen LogP contribution in [0.1, 0.15) is 17.1 Å². The maximum Gasteiger partial charge on any atom is 0.360 e. The normalized spacial score (nSPS) is 12.7. The molecule has 1 aliphatic heterocycles. The van der Waals surface area contributed by atoms with Gasteiger partial charge < -0.3 is 19.3 Å². The number of phenols is 1. The summed E-state index contributed by atoms with van der Waals surface area (Å²) < 4.78 is 55.9. The fourth-order valence-corrected chi connectivity index (χ4v) is 2.86. The van der Waals surface area contributed by atoms with Crippen LogP contribution in [0.3, 0.4) is 0 Å². The van der Waals surface area contributed by atoms with Gasteiger partial charge in [0.2, 0.25) is 6.79 Å². The molecule has 0 fully saturated rings. The number of ether oxygens (including phenoxy) is 3. The van der Waals surface area contributed by atoms with Crippen molar-refractivity contribution in [3.05, 3.63) is 53.5 Å². The molecule has 1 aromatic heterocycles. The van der Waals surface area contributed by atoms with E-state index in [-0.39, 0.29) is 12.5 Å². The van der Waals surface area contributed by atoms with E-state index in [9.17, 15) is 5.11 Å². The minimum absolute atomic E-state index is 0.109. The summed E-state index contributed by atoms with van der Waals surface area (Å²) in [6, 6.07) is 11.0. The molecule has 0 unspecified atom stereocenters. The summed E-state index contributed by atoms with van der Waals surface area (Å²) in [7, 11) is -3.42. The Morgan fingerprint density at radius 1 is 1.03 bits per heavy atom. The van der Waals surface area contributed by atoms with E-state index >= 15 is 0 Å². The summed E-state index contributed by atoms with van der Waals surface area (Å²) in [5, 5.41) is 11.7. The lowest BCUT2D eigenvalue weighted by Gasteiger charge is -2.17. The van der Waals surface area contributed by atoms with Crippen LogP contribution in [0.15, 0.2) is 40.8 Å². The summed E-state index contributed by atoms with van der Waals surface area (Å²) in [5.41, 5.74) is 0.889. The molecule has 0 spiro atoms. The lowest BCUT2D eigenvalue weighted by atomic mass is 10.1. The number of hydrogen-bond acceptors (Lipinski definition) is 8. The van der Waals surface area contributed by atoms with E-state index in [1.54, 1.807) is 18.2 Å². The lowest BCUT2D eigenvalue weighted by Crippen LogP contribution is -2.68. The van der Waals surface area contributed by atoms with Crippen molar-refractivity contribution in [1.29, 1.82) is 0 Å². The zero-order valence-electron chi connectivity index (χ0n) is 15.9. The van der Waals surface area contributed by atoms with Crippen molar-refractivity contribution in [2.45, 2.75) is 6.92 Å². The number of methoxy groups -OCH3 is 1. The average molecular weight is 437 g/mol. The van der Waals surface area contributed by atoms with Crippen LogP contribution in [0.25, 0.3) is 22.9 Å². The standard InChI is InChI=1S/C20H16O5.ClHO4/c1-12-7-14-9-19-20(24-11-23-19)10-15(14)17(25-12)6-4-13-3-5-16(21)18(8-13)22-2;2-1(3,4)5/h3-10H,11H2,1-2H3;(H,2,3,4,5)/b6-4+;. The van der Waals surface area contributed by atoms with Gasteiger partial charge in [0, 0.05) is 23.6 Å². The molecule has 0 radical (unpaired) electrons. The van der Waals surface area contributed by atoms with Crippen LogP contribution in [-0.2, 0) is 0 Å². The molecule has 158 valence electrons. The molecule has 0 saturated heterocycles. The number of halogens is 1. The van der Waals surface area contributed by atoms with Gasteiger partial charge in [-0.25, -0.2) is 23.1 Å². The van der Waals surface area contributed by atoms with Gasteiger partial charge in [-0.2, -0.15) is 0 Å². The fraction of sp³-hybridized carbons (Fsp3) is 0.150. The van der Waals surface area contributed by atoms with Crippen molar-refractivity contribution in [3.63, 3.8) is 0 Å². The largest absolute Gasteiger partial charge is 0.504 e. The van der Waals surface area contributed by atoms with Crippen LogP contribution in [0, 0.1) is 17.2 Å². The van der Waals surface area contributed by atoms with E-state index in [4.69, 9.17) is 37.3 Å². The molecule has 0 amide bonds. The molecule has 1 N–H and O–H groups in total. The second-order valence-corrected chi connectivity index (χ2v) is 6.91. The Hall–Kier alpha value is -3.08. The van der Waals surface area contributed by atoms with Crippen molar-refractivity contribution in [2.24, 2.45) is 0 Å². The quantitative estimate of drug-likeness (QED) is 0.554. The van der Waals surface area contributed by atoms with Crippen LogP contribution in [0.5, 0.6) is 23.0 Å². The second-order valence-electron chi connectivity index (χ2n) is 6.16. The third kappa shape index (κ3) is 5.50. The third-order valence-electron chi connectivity index (χ3n) is 4.07. The minimum atomic E-state index is -4.94. The van der Waals surface area contributed by atoms with Gasteiger partial charge in [-0.15, -0.1) is 10.2 Å². The van der Waals surface area contributed by atoms with E-state index in [0.717, 1.165) is 33.6 Å². The Morgan fingerprint density at radius 3 is 2.37 bits per heavy atom. The van der Waals surface area contributed by atoms with Crippen molar-refractivity contribution < 1.29 is 52.6 Å². The first-order valence-electron chi connectivity index (χ1n) is 8.48. The highest BCUT2D eigenvalue weighted by Crippen LogP contribution is 2.38. The van der Waals surface area contributed by atoms with Gasteiger partial charge in [0.05, 0.1) is 19.4 Å². The van der Waals surface area contributed by atoms with Crippen LogP contribution in [0.4, 0.5) is 0 Å². The molecule has 4 rings (SSSR count). The Kier molecular flexibility index (Phi) is 6.30. The number of aryl methyl sites for hydroxylation is 1.